The van der Waals surface area contributed by atoms with Crippen molar-refractivity contribution in [1.29, 1.82) is 0 Å². The number of halogens is 1. The van der Waals surface area contributed by atoms with Gasteiger partial charge in [0, 0.05) is 11.1 Å². The van der Waals surface area contributed by atoms with Gasteiger partial charge in [-0.1, -0.05) is 18.5 Å². The van der Waals surface area contributed by atoms with Gasteiger partial charge in [0.1, 0.15) is 5.75 Å². The molecule has 0 bridgehead atoms. The summed E-state index contributed by atoms with van der Waals surface area (Å²) in [7, 11) is 0. The van der Waals surface area contributed by atoms with Crippen LogP contribution in [0.1, 0.15) is 25.3 Å². The van der Waals surface area contributed by atoms with E-state index in [4.69, 9.17) is 27.8 Å². The first-order valence-electron chi connectivity index (χ1n) is 5.98. The molecule has 0 aliphatic heterocycles. The Morgan fingerprint density at radius 3 is 2.83 bits per heavy atom. The number of benzene rings is 1. The Morgan fingerprint density at radius 2 is 2.22 bits per heavy atom. The third kappa shape index (κ3) is 4.94. The summed E-state index contributed by atoms with van der Waals surface area (Å²) in [5.41, 5.74) is 11.9. The number of carbonyl (C=O) groups is 1. The lowest BCUT2D eigenvalue weighted by Crippen LogP contribution is -2.22. The lowest BCUT2D eigenvalue weighted by molar-refractivity contribution is -0.118. The van der Waals surface area contributed by atoms with Crippen LogP contribution in [-0.4, -0.2) is 18.6 Å². The van der Waals surface area contributed by atoms with Crippen LogP contribution in [0.4, 0.5) is 0 Å². The molecule has 0 aromatic heterocycles. The fourth-order valence-corrected chi connectivity index (χ4v) is 1.73. The van der Waals surface area contributed by atoms with E-state index in [1.165, 1.54) is 0 Å². The number of ether oxygens (including phenoxy) is 1. The fourth-order valence-electron chi connectivity index (χ4n) is 1.54. The van der Waals surface area contributed by atoms with E-state index < -0.39 is 0 Å². The molecule has 100 valence electrons. The van der Waals surface area contributed by atoms with Crippen LogP contribution in [0.2, 0.25) is 5.02 Å². The van der Waals surface area contributed by atoms with E-state index in [0.717, 1.165) is 12.0 Å². The number of rotatable bonds is 7. The molecule has 0 spiro atoms. The van der Waals surface area contributed by atoms with Crippen molar-refractivity contribution in [3.8, 4) is 5.75 Å². The predicted molar refractivity (Wildman–Crippen MR) is 72.7 cm³/mol. The quantitative estimate of drug-likeness (QED) is 0.794. The second kappa shape index (κ2) is 7.24. The molecule has 1 amide bonds. The fraction of sp³-hybridized carbons (Fsp3) is 0.462. The monoisotopic (exact) mass is 270 g/mol. The molecule has 1 aromatic carbocycles. The van der Waals surface area contributed by atoms with E-state index in [0.29, 0.717) is 17.2 Å². The van der Waals surface area contributed by atoms with Gasteiger partial charge in [0.05, 0.1) is 13.0 Å². The van der Waals surface area contributed by atoms with E-state index in [2.05, 4.69) is 0 Å². The average Bonchev–Trinajstić information content (AvgIpc) is 2.31. The third-order valence-corrected chi connectivity index (χ3v) is 2.87. The maximum Gasteiger partial charge on any atom is 0.220 e. The maximum atomic E-state index is 10.7. The molecule has 0 fully saturated rings. The maximum absolute atomic E-state index is 10.7. The van der Waals surface area contributed by atoms with E-state index in [-0.39, 0.29) is 25.0 Å². The van der Waals surface area contributed by atoms with Gasteiger partial charge in [0.15, 0.2) is 0 Å². The first-order valence-corrected chi connectivity index (χ1v) is 6.35. The molecule has 5 heteroatoms. The Bertz CT molecular complexity index is 410. The van der Waals surface area contributed by atoms with E-state index in [9.17, 15) is 4.79 Å². The molecule has 1 atom stereocenters. The molecule has 0 aliphatic carbocycles. The summed E-state index contributed by atoms with van der Waals surface area (Å²) in [6.45, 7) is 2.30. The minimum absolute atomic E-state index is 0.0713. The van der Waals surface area contributed by atoms with Gasteiger partial charge in [0.2, 0.25) is 5.91 Å². The van der Waals surface area contributed by atoms with Crippen LogP contribution >= 0.6 is 11.6 Å². The van der Waals surface area contributed by atoms with E-state index >= 15 is 0 Å². The van der Waals surface area contributed by atoms with Gasteiger partial charge >= 0.3 is 0 Å². The molecule has 18 heavy (non-hydrogen) atoms. The molecule has 0 radical (unpaired) electrons. The number of amides is 1. The van der Waals surface area contributed by atoms with Crippen molar-refractivity contribution in [2.24, 2.45) is 11.5 Å². The van der Waals surface area contributed by atoms with Crippen LogP contribution in [0.25, 0.3) is 0 Å². The van der Waals surface area contributed by atoms with Crippen molar-refractivity contribution in [2.45, 2.75) is 32.2 Å². The van der Waals surface area contributed by atoms with Crippen molar-refractivity contribution in [2.75, 3.05) is 6.61 Å². The summed E-state index contributed by atoms with van der Waals surface area (Å²) in [5, 5.41) is 0.649. The Kier molecular flexibility index (Phi) is 5.95. The molecular weight excluding hydrogens is 252 g/mol. The van der Waals surface area contributed by atoms with Gasteiger partial charge in [0.25, 0.3) is 0 Å². The SMILES string of the molecule is CCC(N)Cc1cc(Cl)ccc1OCCC(N)=O. The van der Waals surface area contributed by atoms with Gasteiger partial charge in [-0.05, 0) is 36.6 Å². The highest BCUT2D eigenvalue weighted by Gasteiger charge is 2.09. The zero-order valence-corrected chi connectivity index (χ0v) is 11.2. The van der Waals surface area contributed by atoms with Crippen LogP contribution in [0.15, 0.2) is 18.2 Å². The van der Waals surface area contributed by atoms with Crippen molar-refractivity contribution in [1.82, 2.24) is 0 Å². The van der Waals surface area contributed by atoms with Crippen molar-refractivity contribution in [3.63, 3.8) is 0 Å². The molecule has 4 N–H and O–H groups in total. The van der Waals surface area contributed by atoms with Crippen LogP contribution in [0.3, 0.4) is 0 Å². The summed E-state index contributed by atoms with van der Waals surface area (Å²) < 4.78 is 5.53. The van der Waals surface area contributed by atoms with Crippen LogP contribution < -0.4 is 16.2 Å². The standard InChI is InChI=1S/C13H19ClN2O2/c1-2-11(15)8-9-7-10(14)3-4-12(9)18-6-5-13(16)17/h3-4,7,11H,2,5-6,8,15H2,1H3,(H2,16,17). The summed E-state index contributed by atoms with van der Waals surface area (Å²) in [6.07, 6.45) is 1.78. The molecule has 1 rings (SSSR count). The van der Waals surface area contributed by atoms with E-state index in [1.54, 1.807) is 12.1 Å². The summed E-state index contributed by atoms with van der Waals surface area (Å²) >= 11 is 5.96. The lowest BCUT2D eigenvalue weighted by Gasteiger charge is -2.14. The number of hydrogen-bond donors (Lipinski definition) is 2. The Labute approximate surface area is 112 Å². The molecule has 0 saturated heterocycles. The minimum atomic E-state index is -0.379. The van der Waals surface area contributed by atoms with Crippen molar-refractivity contribution >= 4 is 17.5 Å². The summed E-state index contributed by atoms with van der Waals surface area (Å²) in [5.74, 6) is 0.334. The first kappa shape index (κ1) is 14.8. The van der Waals surface area contributed by atoms with Gasteiger partial charge in [-0.2, -0.15) is 0 Å². The van der Waals surface area contributed by atoms with Gasteiger partial charge in [-0.25, -0.2) is 0 Å². The molecule has 0 heterocycles. The highest BCUT2D eigenvalue weighted by molar-refractivity contribution is 6.30. The number of hydrogen-bond acceptors (Lipinski definition) is 3. The number of nitrogens with two attached hydrogens (primary N) is 2. The van der Waals surface area contributed by atoms with Crippen molar-refractivity contribution < 1.29 is 9.53 Å². The molecule has 1 aromatic rings. The Balaban J connectivity index is 2.72. The summed E-state index contributed by atoms with van der Waals surface area (Å²) in [4.78, 5) is 10.7. The minimum Gasteiger partial charge on any atom is -0.493 e. The van der Waals surface area contributed by atoms with E-state index in [1.807, 2.05) is 13.0 Å². The molecule has 1 unspecified atom stereocenters. The molecule has 0 saturated carbocycles. The number of carbonyl (C=O) groups excluding carboxylic acids is 1. The average molecular weight is 271 g/mol. The summed E-state index contributed by atoms with van der Waals surface area (Å²) in [6, 6.07) is 5.46. The second-order valence-electron chi connectivity index (χ2n) is 4.19. The highest BCUT2D eigenvalue weighted by atomic mass is 35.5. The zero-order valence-electron chi connectivity index (χ0n) is 10.5. The Morgan fingerprint density at radius 1 is 1.50 bits per heavy atom. The third-order valence-electron chi connectivity index (χ3n) is 2.64. The topological polar surface area (TPSA) is 78.3 Å². The van der Waals surface area contributed by atoms with Crippen LogP contribution in [0.5, 0.6) is 5.75 Å². The Hall–Kier alpha value is -1.26. The second-order valence-corrected chi connectivity index (χ2v) is 4.63. The zero-order chi connectivity index (χ0) is 13.5. The van der Waals surface area contributed by atoms with Gasteiger partial charge in [-0.15, -0.1) is 0 Å². The molecular formula is C13H19ClN2O2. The van der Waals surface area contributed by atoms with Gasteiger partial charge < -0.3 is 16.2 Å². The van der Waals surface area contributed by atoms with Crippen LogP contribution in [0, 0.1) is 0 Å². The smallest absolute Gasteiger partial charge is 0.220 e. The van der Waals surface area contributed by atoms with Crippen LogP contribution in [-0.2, 0) is 11.2 Å². The number of primary amides is 1. The normalized spacial score (nSPS) is 12.2. The first-order chi connectivity index (χ1) is 8.52. The predicted octanol–water partition coefficient (Wildman–Crippen LogP) is 1.87. The van der Waals surface area contributed by atoms with Gasteiger partial charge in [-0.3, -0.25) is 4.79 Å². The highest BCUT2D eigenvalue weighted by Crippen LogP contribution is 2.24. The molecule has 4 nitrogen and oxygen atoms in total. The van der Waals surface area contributed by atoms with Crippen molar-refractivity contribution in [3.05, 3.63) is 28.8 Å². The molecule has 0 aliphatic rings. The largest absolute Gasteiger partial charge is 0.493 e. The lowest BCUT2D eigenvalue weighted by atomic mass is 10.0.